The SMILES string of the molecule is CCN(CCCN(C)C)C(CN)C1CCOCC1. The van der Waals surface area contributed by atoms with Crippen LogP contribution in [0.1, 0.15) is 26.2 Å². The first-order valence-electron chi connectivity index (χ1n) is 7.35. The van der Waals surface area contributed by atoms with Crippen LogP contribution in [0.25, 0.3) is 0 Å². The van der Waals surface area contributed by atoms with Crippen LogP contribution in [-0.4, -0.2) is 69.3 Å². The molecule has 0 bridgehead atoms. The van der Waals surface area contributed by atoms with Crippen LogP contribution in [0.4, 0.5) is 0 Å². The predicted octanol–water partition coefficient (Wildman–Crippen LogP) is 1.01. The lowest BCUT2D eigenvalue weighted by Gasteiger charge is -2.37. The maximum absolute atomic E-state index is 6.02. The molecule has 0 aromatic heterocycles. The molecule has 1 aliphatic heterocycles. The number of nitrogens with zero attached hydrogens (tertiary/aromatic N) is 2. The predicted molar refractivity (Wildman–Crippen MR) is 76.8 cm³/mol. The Morgan fingerprint density at radius 3 is 2.39 bits per heavy atom. The second kappa shape index (κ2) is 8.86. The van der Waals surface area contributed by atoms with Crippen molar-refractivity contribution in [1.82, 2.24) is 9.80 Å². The summed E-state index contributed by atoms with van der Waals surface area (Å²) >= 11 is 0. The molecule has 4 nitrogen and oxygen atoms in total. The highest BCUT2D eigenvalue weighted by atomic mass is 16.5. The van der Waals surface area contributed by atoms with Crippen molar-refractivity contribution in [3.8, 4) is 0 Å². The Bertz CT molecular complexity index is 205. The topological polar surface area (TPSA) is 41.7 Å². The van der Waals surface area contributed by atoms with Crippen molar-refractivity contribution in [2.75, 3.05) is 53.5 Å². The first-order valence-corrected chi connectivity index (χ1v) is 7.35. The lowest BCUT2D eigenvalue weighted by atomic mass is 9.90. The summed E-state index contributed by atoms with van der Waals surface area (Å²) in [6.45, 7) is 8.27. The number of likely N-dealkylation sites (N-methyl/N-ethyl adjacent to an activating group) is 1. The van der Waals surface area contributed by atoms with Crippen LogP contribution in [0.2, 0.25) is 0 Å². The van der Waals surface area contributed by atoms with Crippen molar-refractivity contribution in [1.29, 1.82) is 0 Å². The lowest BCUT2D eigenvalue weighted by molar-refractivity contribution is 0.0281. The van der Waals surface area contributed by atoms with Gasteiger partial charge in [0.05, 0.1) is 0 Å². The smallest absolute Gasteiger partial charge is 0.0469 e. The molecule has 1 saturated heterocycles. The van der Waals surface area contributed by atoms with E-state index in [1.165, 1.54) is 19.3 Å². The quantitative estimate of drug-likeness (QED) is 0.705. The second-order valence-corrected chi connectivity index (χ2v) is 5.54. The molecule has 1 unspecified atom stereocenters. The molecule has 1 rings (SSSR count). The zero-order valence-corrected chi connectivity index (χ0v) is 12.4. The highest BCUT2D eigenvalue weighted by Gasteiger charge is 2.26. The molecule has 1 aliphatic rings. The van der Waals surface area contributed by atoms with Crippen LogP contribution in [0.3, 0.4) is 0 Å². The molecular formula is C14H31N3O. The number of hydrogen-bond acceptors (Lipinski definition) is 4. The van der Waals surface area contributed by atoms with Gasteiger partial charge in [0.1, 0.15) is 0 Å². The fourth-order valence-electron chi connectivity index (χ4n) is 2.89. The Hall–Kier alpha value is -0.160. The number of rotatable bonds is 8. The third-order valence-corrected chi connectivity index (χ3v) is 3.98. The third kappa shape index (κ3) is 5.22. The van der Waals surface area contributed by atoms with E-state index >= 15 is 0 Å². The van der Waals surface area contributed by atoms with Crippen molar-refractivity contribution in [3.05, 3.63) is 0 Å². The number of nitrogens with two attached hydrogens (primary N) is 1. The zero-order chi connectivity index (χ0) is 13.4. The normalized spacial score (nSPS) is 19.7. The highest BCUT2D eigenvalue weighted by molar-refractivity contribution is 4.81. The van der Waals surface area contributed by atoms with Crippen LogP contribution in [0.5, 0.6) is 0 Å². The van der Waals surface area contributed by atoms with E-state index in [4.69, 9.17) is 10.5 Å². The van der Waals surface area contributed by atoms with E-state index in [1.54, 1.807) is 0 Å². The molecule has 0 saturated carbocycles. The van der Waals surface area contributed by atoms with E-state index in [-0.39, 0.29) is 0 Å². The van der Waals surface area contributed by atoms with Gasteiger partial charge >= 0.3 is 0 Å². The Morgan fingerprint density at radius 1 is 1.22 bits per heavy atom. The van der Waals surface area contributed by atoms with Crippen molar-refractivity contribution >= 4 is 0 Å². The summed E-state index contributed by atoms with van der Waals surface area (Å²) in [5.74, 6) is 0.725. The summed E-state index contributed by atoms with van der Waals surface area (Å²) < 4.78 is 5.45. The van der Waals surface area contributed by atoms with Crippen molar-refractivity contribution in [2.24, 2.45) is 11.7 Å². The van der Waals surface area contributed by atoms with Gasteiger partial charge in [0.2, 0.25) is 0 Å². The summed E-state index contributed by atoms with van der Waals surface area (Å²) in [6, 6.07) is 0.543. The lowest BCUT2D eigenvalue weighted by Crippen LogP contribution is -2.47. The van der Waals surface area contributed by atoms with E-state index in [2.05, 4.69) is 30.8 Å². The molecule has 0 aromatic carbocycles. The fraction of sp³-hybridized carbons (Fsp3) is 1.00. The Kier molecular flexibility index (Phi) is 7.82. The molecule has 0 radical (unpaired) electrons. The Balaban J connectivity index is 2.42. The average Bonchev–Trinajstić information content (AvgIpc) is 2.38. The number of hydrogen-bond donors (Lipinski definition) is 1. The van der Waals surface area contributed by atoms with Crippen molar-refractivity contribution < 1.29 is 4.74 Å². The Morgan fingerprint density at radius 2 is 1.89 bits per heavy atom. The molecular weight excluding hydrogens is 226 g/mol. The van der Waals surface area contributed by atoms with Gasteiger partial charge in [-0.05, 0) is 58.9 Å². The van der Waals surface area contributed by atoms with Gasteiger partial charge in [0.25, 0.3) is 0 Å². The largest absolute Gasteiger partial charge is 0.381 e. The van der Waals surface area contributed by atoms with Crippen LogP contribution >= 0.6 is 0 Å². The first-order chi connectivity index (χ1) is 8.69. The minimum Gasteiger partial charge on any atom is -0.381 e. The minimum atomic E-state index is 0.543. The third-order valence-electron chi connectivity index (χ3n) is 3.98. The highest BCUT2D eigenvalue weighted by Crippen LogP contribution is 2.22. The molecule has 0 spiro atoms. The molecule has 1 heterocycles. The fourth-order valence-corrected chi connectivity index (χ4v) is 2.89. The summed E-state index contributed by atoms with van der Waals surface area (Å²) in [5.41, 5.74) is 6.02. The average molecular weight is 257 g/mol. The summed E-state index contributed by atoms with van der Waals surface area (Å²) in [4.78, 5) is 4.82. The molecule has 0 aromatic rings. The van der Waals surface area contributed by atoms with Gasteiger partial charge in [-0.1, -0.05) is 6.92 Å². The van der Waals surface area contributed by atoms with E-state index in [0.717, 1.165) is 45.3 Å². The van der Waals surface area contributed by atoms with E-state index in [1.807, 2.05) is 0 Å². The van der Waals surface area contributed by atoms with Crippen LogP contribution in [0.15, 0.2) is 0 Å². The van der Waals surface area contributed by atoms with Gasteiger partial charge in [0, 0.05) is 25.8 Å². The van der Waals surface area contributed by atoms with Crippen molar-refractivity contribution in [2.45, 2.75) is 32.2 Å². The molecule has 4 heteroatoms. The molecule has 1 fully saturated rings. The molecule has 108 valence electrons. The van der Waals surface area contributed by atoms with Gasteiger partial charge < -0.3 is 15.4 Å². The first kappa shape index (κ1) is 15.9. The standard InChI is InChI=1S/C14H31N3O/c1-4-17(9-5-8-16(2)3)14(12-15)13-6-10-18-11-7-13/h13-14H,4-12,15H2,1-3H3. The van der Waals surface area contributed by atoms with Crippen LogP contribution in [0, 0.1) is 5.92 Å². The molecule has 0 amide bonds. The van der Waals surface area contributed by atoms with Gasteiger partial charge in [0.15, 0.2) is 0 Å². The van der Waals surface area contributed by atoms with Gasteiger partial charge in [-0.2, -0.15) is 0 Å². The second-order valence-electron chi connectivity index (χ2n) is 5.54. The van der Waals surface area contributed by atoms with E-state index in [9.17, 15) is 0 Å². The summed E-state index contributed by atoms with van der Waals surface area (Å²) in [7, 11) is 4.27. The molecule has 18 heavy (non-hydrogen) atoms. The van der Waals surface area contributed by atoms with Crippen LogP contribution in [-0.2, 0) is 4.74 Å². The Labute approximate surface area is 112 Å². The number of ether oxygens (including phenoxy) is 1. The van der Waals surface area contributed by atoms with Gasteiger partial charge in [-0.15, -0.1) is 0 Å². The van der Waals surface area contributed by atoms with Gasteiger partial charge in [-0.3, -0.25) is 4.90 Å². The molecule has 1 atom stereocenters. The zero-order valence-electron chi connectivity index (χ0n) is 12.4. The van der Waals surface area contributed by atoms with Crippen LogP contribution < -0.4 is 5.73 Å². The van der Waals surface area contributed by atoms with E-state index < -0.39 is 0 Å². The monoisotopic (exact) mass is 257 g/mol. The summed E-state index contributed by atoms with van der Waals surface area (Å²) in [5, 5.41) is 0. The maximum Gasteiger partial charge on any atom is 0.0469 e. The summed E-state index contributed by atoms with van der Waals surface area (Å²) in [6.07, 6.45) is 3.57. The van der Waals surface area contributed by atoms with Crippen molar-refractivity contribution in [3.63, 3.8) is 0 Å². The molecule has 0 aliphatic carbocycles. The maximum atomic E-state index is 6.02. The molecule has 2 N–H and O–H groups in total. The van der Waals surface area contributed by atoms with Gasteiger partial charge in [-0.25, -0.2) is 0 Å². The minimum absolute atomic E-state index is 0.543. The van der Waals surface area contributed by atoms with E-state index in [0.29, 0.717) is 6.04 Å².